The van der Waals surface area contributed by atoms with E-state index in [4.69, 9.17) is 0 Å². The molecule has 0 aromatic heterocycles. The van der Waals surface area contributed by atoms with Gasteiger partial charge in [0.2, 0.25) is 0 Å². The quantitative estimate of drug-likeness (QED) is 0.629. The molecule has 110 valence electrons. The summed E-state index contributed by atoms with van der Waals surface area (Å²) < 4.78 is 0. The highest BCUT2D eigenvalue weighted by molar-refractivity contribution is 5.97. The summed E-state index contributed by atoms with van der Waals surface area (Å²) in [6.07, 6.45) is 6.68. The van der Waals surface area contributed by atoms with Crippen molar-refractivity contribution in [2.24, 2.45) is 11.3 Å². The minimum Gasteiger partial charge on any atom is -0.0723 e. The Hall–Kier alpha value is -2.34. The Labute approximate surface area is 135 Å². The van der Waals surface area contributed by atoms with Crippen LogP contribution in [0.5, 0.6) is 0 Å². The van der Waals surface area contributed by atoms with Gasteiger partial charge < -0.3 is 0 Å². The Morgan fingerprint density at radius 1 is 0.783 bits per heavy atom. The maximum atomic E-state index is 2.56. The first kappa shape index (κ1) is 12.1. The molecule has 3 aromatic carbocycles. The predicted molar refractivity (Wildman–Crippen MR) is 96.3 cm³/mol. The van der Waals surface area contributed by atoms with Crippen LogP contribution in [0.2, 0.25) is 0 Å². The molecule has 3 aromatic rings. The molecule has 0 N–H and O–H groups in total. The zero-order chi connectivity index (χ0) is 15.0. The zero-order valence-corrected chi connectivity index (χ0v) is 13.0. The van der Waals surface area contributed by atoms with E-state index in [1.807, 2.05) is 0 Å². The molecule has 1 spiro atoms. The second kappa shape index (κ2) is 3.94. The monoisotopic (exact) mass is 294 g/mol. The summed E-state index contributed by atoms with van der Waals surface area (Å²) >= 11 is 0. The van der Waals surface area contributed by atoms with Crippen LogP contribution >= 0.6 is 0 Å². The first-order valence-electron chi connectivity index (χ1n) is 8.69. The topological polar surface area (TPSA) is 0 Å². The molecule has 0 radical (unpaired) electrons. The van der Waals surface area contributed by atoms with E-state index in [9.17, 15) is 0 Å². The second-order valence-electron chi connectivity index (χ2n) is 7.41. The maximum Gasteiger partial charge on any atom is -0.00117 e. The van der Waals surface area contributed by atoms with E-state index in [1.165, 1.54) is 46.4 Å². The number of benzene rings is 3. The minimum absolute atomic E-state index is 0.577. The molecule has 23 heavy (non-hydrogen) atoms. The SMILES string of the molecule is C1=c2cccc(-c3cccc4ccccc34)c2=C2C[C@H]1C21CC1. The first-order valence-corrected chi connectivity index (χ1v) is 8.69. The Kier molecular flexibility index (Phi) is 2.08. The van der Waals surface area contributed by atoms with Crippen molar-refractivity contribution in [3.63, 3.8) is 0 Å². The van der Waals surface area contributed by atoms with Gasteiger partial charge in [0.1, 0.15) is 0 Å². The van der Waals surface area contributed by atoms with Crippen LogP contribution in [0, 0.1) is 11.3 Å². The fourth-order valence-electron chi connectivity index (χ4n) is 5.04. The molecular weight excluding hydrogens is 276 g/mol. The van der Waals surface area contributed by atoms with Crippen LogP contribution in [-0.2, 0) is 0 Å². The molecular formula is C23H18. The minimum atomic E-state index is 0.577. The summed E-state index contributed by atoms with van der Waals surface area (Å²) in [7, 11) is 0. The van der Waals surface area contributed by atoms with Gasteiger partial charge in [0.15, 0.2) is 0 Å². The second-order valence-corrected chi connectivity index (χ2v) is 7.41. The molecule has 0 aliphatic heterocycles. The van der Waals surface area contributed by atoms with Crippen LogP contribution in [0.4, 0.5) is 0 Å². The maximum absolute atomic E-state index is 2.56. The van der Waals surface area contributed by atoms with Gasteiger partial charge in [-0.1, -0.05) is 72.3 Å². The lowest BCUT2D eigenvalue weighted by molar-refractivity contribution is 0.392. The molecule has 2 fully saturated rings. The van der Waals surface area contributed by atoms with Crippen LogP contribution in [0.15, 0.2) is 60.7 Å². The van der Waals surface area contributed by atoms with Crippen molar-refractivity contribution < 1.29 is 0 Å². The van der Waals surface area contributed by atoms with Gasteiger partial charge in [0, 0.05) is 0 Å². The molecule has 1 atom stereocenters. The highest BCUT2D eigenvalue weighted by Gasteiger charge is 2.59. The molecule has 4 aliphatic carbocycles. The van der Waals surface area contributed by atoms with E-state index in [-0.39, 0.29) is 0 Å². The van der Waals surface area contributed by atoms with Crippen LogP contribution in [-0.4, -0.2) is 0 Å². The molecule has 2 saturated carbocycles. The number of rotatable bonds is 1. The van der Waals surface area contributed by atoms with Crippen LogP contribution in [0.25, 0.3) is 33.5 Å². The summed E-state index contributed by atoms with van der Waals surface area (Å²) in [6.45, 7) is 0. The van der Waals surface area contributed by atoms with Crippen LogP contribution in [0.3, 0.4) is 0 Å². The highest BCUT2D eigenvalue weighted by atomic mass is 14.6. The Morgan fingerprint density at radius 3 is 2.48 bits per heavy atom. The molecule has 7 rings (SSSR count). The Bertz CT molecular complexity index is 1090. The summed E-state index contributed by atoms with van der Waals surface area (Å²) in [4.78, 5) is 0. The summed E-state index contributed by atoms with van der Waals surface area (Å²) in [5.74, 6) is 0.827. The Morgan fingerprint density at radius 2 is 1.57 bits per heavy atom. The van der Waals surface area contributed by atoms with Crippen molar-refractivity contribution in [2.75, 3.05) is 0 Å². The van der Waals surface area contributed by atoms with E-state index in [0.29, 0.717) is 5.41 Å². The van der Waals surface area contributed by atoms with E-state index in [0.717, 1.165) is 5.92 Å². The van der Waals surface area contributed by atoms with Crippen LogP contribution in [0.1, 0.15) is 19.3 Å². The molecule has 0 nitrogen and oxygen atoms in total. The molecule has 0 unspecified atom stereocenters. The molecule has 4 aliphatic rings. The van der Waals surface area contributed by atoms with Crippen molar-refractivity contribution in [3.8, 4) is 11.1 Å². The van der Waals surface area contributed by atoms with Gasteiger partial charge in [-0.3, -0.25) is 0 Å². The van der Waals surface area contributed by atoms with Crippen molar-refractivity contribution in [1.29, 1.82) is 0 Å². The van der Waals surface area contributed by atoms with E-state index < -0.39 is 0 Å². The molecule has 0 saturated heterocycles. The molecule has 0 heteroatoms. The third-order valence-electron chi connectivity index (χ3n) is 6.38. The van der Waals surface area contributed by atoms with Crippen molar-refractivity contribution >= 4 is 22.4 Å². The fraction of sp³-hybridized carbons (Fsp3) is 0.217. The molecule has 0 amide bonds. The lowest BCUT2D eigenvalue weighted by Gasteiger charge is -2.42. The lowest BCUT2D eigenvalue weighted by atomic mass is 9.61. The van der Waals surface area contributed by atoms with Gasteiger partial charge >= 0.3 is 0 Å². The highest BCUT2D eigenvalue weighted by Crippen LogP contribution is 2.69. The van der Waals surface area contributed by atoms with Gasteiger partial charge in [-0.05, 0) is 62.9 Å². The van der Waals surface area contributed by atoms with Crippen molar-refractivity contribution in [1.82, 2.24) is 0 Å². The van der Waals surface area contributed by atoms with Gasteiger partial charge in [-0.2, -0.15) is 0 Å². The third kappa shape index (κ3) is 1.42. The average molecular weight is 294 g/mol. The van der Waals surface area contributed by atoms with Crippen LogP contribution < -0.4 is 10.4 Å². The van der Waals surface area contributed by atoms with Gasteiger partial charge in [-0.15, -0.1) is 0 Å². The number of hydrogen-bond acceptors (Lipinski definition) is 0. The summed E-state index contributed by atoms with van der Waals surface area (Å²) in [5.41, 5.74) is 5.16. The molecule has 0 heterocycles. The Balaban J connectivity index is 1.76. The number of hydrogen-bond donors (Lipinski definition) is 0. The third-order valence-corrected chi connectivity index (χ3v) is 6.38. The smallest absolute Gasteiger partial charge is 0.00117 e. The predicted octanol–water partition coefficient (Wildman–Crippen LogP) is 4.25. The van der Waals surface area contributed by atoms with E-state index in [2.05, 4.69) is 66.7 Å². The van der Waals surface area contributed by atoms with E-state index in [1.54, 1.807) is 10.8 Å². The van der Waals surface area contributed by atoms with E-state index >= 15 is 0 Å². The standard InChI is InChI=1S/C23H18/c1-2-8-18-15(5-1)6-3-9-19(18)20-10-4-7-16-13-17-14-21(22(16)20)23(17)11-12-23/h1-10,13,17H,11-12,14H2/t17-/m0/s1. The first-order chi connectivity index (χ1) is 11.4. The van der Waals surface area contributed by atoms with Crippen molar-refractivity contribution in [3.05, 3.63) is 71.1 Å². The van der Waals surface area contributed by atoms with Gasteiger partial charge in [0.25, 0.3) is 0 Å². The molecule has 2 bridgehead atoms. The number of fused-ring (bicyclic) bond motifs is 1. The average Bonchev–Trinajstić information content (AvgIpc) is 3.43. The normalized spacial score (nSPS) is 22.4. The largest absolute Gasteiger partial charge is 0.0723 e. The van der Waals surface area contributed by atoms with Crippen molar-refractivity contribution in [2.45, 2.75) is 19.3 Å². The van der Waals surface area contributed by atoms with Gasteiger partial charge in [-0.25, -0.2) is 0 Å². The summed E-state index contributed by atoms with van der Waals surface area (Å²) in [6, 6.07) is 22.3. The fourth-order valence-corrected chi connectivity index (χ4v) is 5.04. The zero-order valence-electron chi connectivity index (χ0n) is 13.0. The summed E-state index contributed by atoms with van der Waals surface area (Å²) in [5, 5.41) is 5.73. The van der Waals surface area contributed by atoms with Gasteiger partial charge in [0.05, 0.1) is 0 Å². The lowest BCUT2D eigenvalue weighted by Crippen LogP contribution is -2.46.